The second kappa shape index (κ2) is 9.41. The van der Waals surface area contributed by atoms with Crippen LogP contribution in [-0.4, -0.2) is 66.9 Å². The third kappa shape index (κ3) is 4.40. The Morgan fingerprint density at radius 3 is 2.66 bits per heavy atom. The molecule has 1 aliphatic heterocycles. The second-order valence-electron chi connectivity index (χ2n) is 8.61. The molecule has 4 aromatic rings. The lowest BCUT2D eigenvalue weighted by Crippen LogP contribution is -2.32. The largest absolute Gasteiger partial charge is 0.491 e. The summed E-state index contributed by atoms with van der Waals surface area (Å²) in [6.45, 7) is 3.02. The van der Waals surface area contributed by atoms with Gasteiger partial charge in [-0.15, -0.1) is 0 Å². The number of fused-ring (bicyclic) bond motifs is 1. The molecule has 1 fully saturated rings. The number of likely N-dealkylation sites (tertiary alicyclic amines) is 1. The lowest BCUT2D eigenvalue weighted by Gasteiger charge is -2.17. The van der Waals surface area contributed by atoms with Crippen LogP contribution in [0, 0.1) is 0 Å². The van der Waals surface area contributed by atoms with Crippen molar-refractivity contribution < 1.29 is 32.1 Å². The zero-order chi connectivity index (χ0) is 27.2. The summed E-state index contributed by atoms with van der Waals surface area (Å²) in [6.07, 6.45) is -3.13. The number of nitrogens with two attached hydrogens (primary N) is 2. The molecule has 1 saturated heterocycles. The number of rotatable bonds is 5. The minimum atomic E-state index is -5.16. The fourth-order valence-corrected chi connectivity index (χ4v) is 4.36. The van der Waals surface area contributed by atoms with Crippen molar-refractivity contribution in [3.05, 3.63) is 36.0 Å². The van der Waals surface area contributed by atoms with E-state index in [1.54, 1.807) is 15.5 Å². The highest BCUT2D eigenvalue weighted by Gasteiger charge is 2.41. The van der Waals surface area contributed by atoms with Crippen LogP contribution in [0.1, 0.15) is 23.7 Å². The molecule has 1 aliphatic rings. The lowest BCUT2D eigenvalue weighted by atomic mass is 10.1. The fraction of sp³-hybridized carbons (Fsp3) is 0.304. The lowest BCUT2D eigenvalue weighted by molar-refractivity contribution is -0.189. The zero-order valence-electron chi connectivity index (χ0n) is 19.9. The van der Waals surface area contributed by atoms with Gasteiger partial charge in [0, 0.05) is 37.4 Å². The van der Waals surface area contributed by atoms with Gasteiger partial charge in [-0.3, -0.25) is 9.78 Å². The number of aromatic nitrogens is 5. The summed E-state index contributed by atoms with van der Waals surface area (Å²) in [5.74, 6) is -2.77. The fourth-order valence-electron chi connectivity index (χ4n) is 4.36. The van der Waals surface area contributed by atoms with Crippen LogP contribution in [0.5, 0.6) is 5.75 Å². The molecule has 0 saturated carbocycles. The van der Waals surface area contributed by atoms with E-state index in [4.69, 9.17) is 16.1 Å². The molecule has 0 spiro atoms. The predicted octanol–water partition coefficient (Wildman–Crippen LogP) is 2.39. The number of ether oxygens (including phenoxy) is 1. The summed E-state index contributed by atoms with van der Waals surface area (Å²) in [5, 5.41) is 7.43. The maximum absolute atomic E-state index is 13.5. The minimum Gasteiger partial charge on any atom is -0.420 e. The van der Waals surface area contributed by atoms with E-state index in [0.29, 0.717) is 37.1 Å². The van der Waals surface area contributed by atoms with Crippen LogP contribution < -0.4 is 16.2 Å². The van der Waals surface area contributed by atoms with Crippen LogP contribution in [0.2, 0.25) is 0 Å². The summed E-state index contributed by atoms with van der Waals surface area (Å²) in [5.41, 5.74) is 13.5. The zero-order valence-corrected chi connectivity index (χ0v) is 19.9. The number of alkyl halides is 3. The number of carbonyl (C=O) groups excluding carboxylic acids is 2. The van der Waals surface area contributed by atoms with Gasteiger partial charge in [-0.2, -0.15) is 13.2 Å². The molecule has 4 heterocycles. The number of hydrogen-bond donors (Lipinski definition) is 2. The average Bonchev–Trinajstić information content (AvgIpc) is 3.60. The van der Waals surface area contributed by atoms with E-state index < -0.39 is 12.1 Å². The van der Waals surface area contributed by atoms with Gasteiger partial charge in [0.1, 0.15) is 11.3 Å². The van der Waals surface area contributed by atoms with E-state index in [2.05, 4.69) is 25.0 Å². The van der Waals surface area contributed by atoms with Gasteiger partial charge in [0.25, 0.3) is 5.91 Å². The van der Waals surface area contributed by atoms with Crippen molar-refractivity contribution in [2.45, 2.75) is 32.1 Å². The van der Waals surface area contributed by atoms with Crippen molar-refractivity contribution in [2.75, 3.05) is 18.8 Å². The van der Waals surface area contributed by atoms with E-state index in [1.165, 1.54) is 24.4 Å². The van der Waals surface area contributed by atoms with Crippen molar-refractivity contribution >= 4 is 28.7 Å². The third-order valence-electron chi connectivity index (χ3n) is 6.10. The smallest absolute Gasteiger partial charge is 0.420 e. The standard InChI is InChI=1S/C23H21F3N8O4/c1-2-34-18-14(21(35)33-7-6-12(27)10-33)9-29-15(16(18)30-20(34)17-19(28)32-38-31-17)11-4-3-5-13(8-11)37-22(36)23(24,25)26/h3-5,8-9,12H,2,6-7,10,27H2,1H3,(H2,28,32). The molecule has 15 heteroatoms. The normalized spacial score (nSPS) is 15.8. The van der Waals surface area contributed by atoms with Gasteiger partial charge in [0.05, 0.1) is 16.8 Å². The van der Waals surface area contributed by atoms with Crippen molar-refractivity contribution in [1.29, 1.82) is 0 Å². The monoisotopic (exact) mass is 530 g/mol. The van der Waals surface area contributed by atoms with E-state index in [9.17, 15) is 22.8 Å². The third-order valence-corrected chi connectivity index (χ3v) is 6.10. The Kier molecular flexibility index (Phi) is 6.22. The number of aryl methyl sites for hydroxylation is 1. The summed E-state index contributed by atoms with van der Waals surface area (Å²) in [4.78, 5) is 35.6. The highest BCUT2D eigenvalue weighted by molar-refractivity contribution is 6.08. The quantitative estimate of drug-likeness (QED) is 0.289. The van der Waals surface area contributed by atoms with Crippen LogP contribution in [0.25, 0.3) is 33.8 Å². The Hall–Kier alpha value is -4.53. The number of nitrogens with zero attached hydrogens (tertiary/aromatic N) is 6. The number of nitrogen functional groups attached to an aromatic ring is 1. The number of esters is 1. The Morgan fingerprint density at radius 1 is 1.24 bits per heavy atom. The second-order valence-corrected chi connectivity index (χ2v) is 8.61. The molecule has 198 valence electrons. The number of halogens is 3. The molecule has 0 aliphatic carbocycles. The molecule has 5 rings (SSSR count). The van der Waals surface area contributed by atoms with Gasteiger partial charge in [-0.05, 0) is 35.8 Å². The highest BCUT2D eigenvalue weighted by atomic mass is 19.4. The van der Waals surface area contributed by atoms with E-state index in [1.807, 2.05) is 6.92 Å². The summed E-state index contributed by atoms with van der Waals surface area (Å²) in [7, 11) is 0. The molecular weight excluding hydrogens is 509 g/mol. The van der Waals surface area contributed by atoms with Crippen LogP contribution in [0.3, 0.4) is 0 Å². The average molecular weight is 530 g/mol. The molecule has 1 aromatic carbocycles. The molecule has 3 aromatic heterocycles. The number of benzene rings is 1. The van der Waals surface area contributed by atoms with Gasteiger partial charge in [-0.1, -0.05) is 12.1 Å². The number of carbonyl (C=O) groups is 2. The SMILES string of the molecule is CCn1c(-c2nonc2N)nc2c(-c3cccc(OC(=O)C(F)(F)F)c3)ncc(C(=O)N3CCC(N)C3)c21. The number of pyridine rings is 1. The molecule has 12 nitrogen and oxygen atoms in total. The molecular formula is C23H21F3N8O4. The molecule has 38 heavy (non-hydrogen) atoms. The van der Waals surface area contributed by atoms with Crippen molar-refractivity contribution in [2.24, 2.45) is 5.73 Å². The Labute approximate surface area is 212 Å². The maximum atomic E-state index is 13.5. The highest BCUT2D eigenvalue weighted by Crippen LogP contribution is 2.35. The van der Waals surface area contributed by atoms with Gasteiger partial charge >= 0.3 is 12.1 Å². The van der Waals surface area contributed by atoms with Gasteiger partial charge in [0.15, 0.2) is 17.3 Å². The summed E-state index contributed by atoms with van der Waals surface area (Å²) >= 11 is 0. The first-order valence-electron chi connectivity index (χ1n) is 11.5. The number of hydrogen-bond acceptors (Lipinski definition) is 10. The minimum absolute atomic E-state index is 0.0241. The van der Waals surface area contributed by atoms with Crippen LogP contribution in [-0.2, 0) is 11.3 Å². The van der Waals surface area contributed by atoms with Crippen LogP contribution in [0.15, 0.2) is 35.1 Å². The van der Waals surface area contributed by atoms with Gasteiger partial charge < -0.3 is 25.7 Å². The van der Waals surface area contributed by atoms with E-state index in [-0.39, 0.29) is 51.8 Å². The molecule has 1 unspecified atom stereocenters. The number of amides is 1. The van der Waals surface area contributed by atoms with Crippen molar-refractivity contribution in [3.63, 3.8) is 0 Å². The predicted molar refractivity (Wildman–Crippen MR) is 127 cm³/mol. The molecule has 0 bridgehead atoms. The Bertz CT molecular complexity index is 1550. The number of anilines is 1. The van der Waals surface area contributed by atoms with Gasteiger partial charge in [-0.25, -0.2) is 14.4 Å². The van der Waals surface area contributed by atoms with Crippen LogP contribution >= 0.6 is 0 Å². The first-order chi connectivity index (χ1) is 18.1. The molecule has 1 amide bonds. The number of imidazole rings is 1. The molecule has 4 N–H and O–H groups in total. The Balaban J connectivity index is 1.69. The van der Waals surface area contributed by atoms with E-state index >= 15 is 0 Å². The van der Waals surface area contributed by atoms with Crippen molar-refractivity contribution in [1.82, 2.24) is 29.7 Å². The first kappa shape index (κ1) is 25.1. The molecule has 0 radical (unpaired) electrons. The van der Waals surface area contributed by atoms with Gasteiger partial charge in [0.2, 0.25) is 0 Å². The van der Waals surface area contributed by atoms with Crippen molar-refractivity contribution in [3.8, 4) is 28.5 Å². The molecule has 1 atom stereocenters. The van der Waals surface area contributed by atoms with E-state index in [0.717, 1.165) is 0 Å². The maximum Gasteiger partial charge on any atom is 0.491 e. The Morgan fingerprint density at radius 2 is 2.03 bits per heavy atom. The van der Waals surface area contributed by atoms with Crippen LogP contribution in [0.4, 0.5) is 19.0 Å². The first-order valence-corrected chi connectivity index (χ1v) is 11.5. The summed E-state index contributed by atoms with van der Waals surface area (Å²) in [6, 6.07) is 5.25. The topological polar surface area (TPSA) is 168 Å². The summed E-state index contributed by atoms with van der Waals surface area (Å²) < 4.78 is 49.1.